The van der Waals surface area contributed by atoms with Crippen LogP contribution in [-0.2, 0) is 10.2 Å². The van der Waals surface area contributed by atoms with Crippen molar-refractivity contribution in [2.24, 2.45) is 0 Å². The Bertz CT molecular complexity index is 966. The van der Waals surface area contributed by atoms with Crippen molar-refractivity contribution >= 4 is 17.5 Å². The van der Waals surface area contributed by atoms with E-state index in [1.165, 1.54) is 12.1 Å². The number of ether oxygens (including phenoxy) is 1. The van der Waals surface area contributed by atoms with E-state index in [1.54, 1.807) is 24.3 Å². The Balaban J connectivity index is 1.34. The third-order valence-corrected chi connectivity index (χ3v) is 5.04. The van der Waals surface area contributed by atoms with E-state index in [2.05, 4.69) is 10.5 Å². The number of nitrogens with one attached hydrogen (secondary N) is 1. The van der Waals surface area contributed by atoms with E-state index in [0.717, 1.165) is 18.4 Å². The molecule has 1 aliphatic rings. The molecule has 5 nitrogen and oxygen atoms in total. The van der Waals surface area contributed by atoms with Crippen molar-refractivity contribution in [2.45, 2.75) is 18.3 Å². The molecule has 1 saturated carbocycles. The minimum Gasteiger partial charge on any atom is -0.492 e. The second-order valence-electron chi connectivity index (χ2n) is 6.72. The van der Waals surface area contributed by atoms with Crippen molar-refractivity contribution in [3.8, 4) is 17.1 Å². The molecule has 1 aliphatic carbocycles. The zero-order valence-electron chi connectivity index (χ0n) is 15.0. The van der Waals surface area contributed by atoms with Gasteiger partial charge in [0.25, 0.3) is 0 Å². The molecule has 4 rings (SSSR count). The molecule has 1 heterocycles. The maximum atomic E-state index is 12.9. The highest BCUT2D eigenvalue weighted by molar-refractivity contribution is 6.30. The minimum atomic E-state index is -0.635. The van der Waals surface area contributed by atoms with Crippen LogP contribution in [-0.4, -0.2) is 24.2 Å². The van der Waals surface area contributed by atoms with E-state index >= 15 is 0 Å². The molecule has 0 aliphatic heterocycles. The Labute approximate surface area is 166 Å². The number of hydrogen-bond donors (Lipinski definition) is 1. The van der Waals surface area contributed by atoms with Crippen LogP contribution in [0.3, 0.4) is 0 Å². The number of carbonyl (C=O) groups excluding carboxylic acids is 1. The highest BCUT2D eigenvalue weighted by atomic mass is 35.5. The van der Waals surface area contributed by atoms with Crippen LogP contribution in [0.5, 0.6) is 5.75 Å². The maximum absolute atomic E-state index is 12.9. The topological polar surface area (TPSA) is 64.4 Å². The monoisotopic (exact) mass is 400 g/mol. The lowest BCUT2D eigenvalue weighted by molar-refractivity contribution is -0.123. The molecule has 3 aromatic rings. The van der Waals surface area contributed by atoms with Crippen LogP contribution >= 0.6 is 11.6 Å². The Morgan fingerprint density at radius 3 is 2.57 bits per heavy atom. The van der Waals surface area contributed by atoms with Crippen molar-refractivity contribution < 1.29 is 18.4 Å². The van der Waals surface area contributed by atoms with Crippen LogP contribution in [0.2, 0.25) is 5.02 Å². The van der Waals surface area contributed by atoms with Crippen LogP contribution in [0, 0.1) is 5.82 Å². The Kier molecular flexibility index (Phi) is 5.05. The minimum absolute atomic E-state index is 0.0915. The fourth-order valence-corrected chi connectivity index (χ4v) is 3.13. The molecular weight excluding hydrogens is 383 g/mol. The Morgan fingerprint density at radius 1 is 1.18 bits per heavy atom. The zero-order valence-corrected chi connectivity index (χ0v) is 15.7. The van der Waals surface area contributed by atoms with Gasteiger partial charge < -0.3 is 14.6 Å². The highest BCUT2D eigenvalue weighted by Gasteiger charge is 2.53. The number of benzene rings is 2. The third kappa shape index (κ3) is 3.87. The number of rotatable bonds is 7. The number of halogens is 2. The standard InChI is InChI=1S/C21H18ClFN2O3/c22-15-3-1-14(2-4-15)18-13-19(25-28-18)21(9-10-21)20(26)24-11-12-27-17-7-5-16(23)6-8-17/h1-8,13H,9-12H2,(H,24,26). The zero-order chi connectivity index (χ0) is 19.6. The average molecular weight is 401 g/mol. The van der Waals surface area contributed by atoms with E-state index < -0.39 is 5.41 Å². The van der Waals surface area contributed by atoms with Gasteiger partial charge in [-0.3, -0.25) is 4.79 Å². The lowest BCUT2D eigenvalue weighted by Gasteiger charge is -2.13. The maximum Gasteiger partial charge on any atom is 0.232 e. The first-order valence-corrected chi connectivity index (χ1v) is 9.34. The fourth-order valence-electron chi connectivity index (χ4n) is 3.01. The second kappa shape index (κ2) is 7.64. The molecule has 0 saturated heterocycles. The summed E-state index contributed by atoms with van der Waals surface area (Å²) in [7, 11) is 0. The Morgan fingerprint density at radius 2 is 1.89 bits per heavy atom. The van der Waals surface area contributed by atoms with Gasteiger partial charge in [-0.05, 0) is 61.4 Å². The smallest absolute Gasteiger partial charge is 0.232 e. The third-order valence-electron chi connectivity index (χ3n) is 4.78. The van der Waals surface area contributed by atoms with Gasteiger partial charge in [0.05, 0.1) is 17.7 Å². The molecule has 0 atom stereocenters. The first kappa shape index (κ1) is 18.5. The van der Waals surface area contributed by atoms with Gasteiger partial charge in [-0.2, -0.15) is 0 Å². The molecule has 0 bridgehead atoms. The molecule has 1 N–H and O–H groups in total. The van der Waals surface area contributed by atoms with Crippen LogP contribution in [0.15, 0.2) is 59.1 Å². The van der Waals surface area contributed by atoms with E-state index in [1.807, 2.05) is 18.2 Å². The van der Waals surface area contributed by atoms with Gasteiger partial charge in [0.2, 0.25) is 5.91 Å². The fraction of sp³-hybridized carbons (Fsp3) is 0.238. The van der Waals surface area contributed by atoms with Gasteiger partial charge in [-0.1, -0.05) is 16.8 Å². The van der Waals surface area contributed by atoms with Gasteiger partial charge in [0.1, 0.15) is 18.2 Å². The quantitative estimate of drug-likeness (QED) is 0.598. The molecule has 1 amide bonds. The largest absolute Gasteiger partial charge is 0.492 e. The summed E-state index contributed by atoms with van der Waals surface area (Å²) < 4.78 is 23.8. The molecule has 144 valence electrons. The lowest BCUT2D eigenvalue weighted by Crippen LogP contribution is -2.37. The first-order chi connectivity index (χ1) is 13.6. The van der Waals surface area contributed by atoms with E-state index in [0.29, 0.717) is 35.4 Å². The van der Waals surface area contributed by atoms with Crippen molar-refractivity contribution in [2.75, 3.05) is 13.2 Å². The summed E-state index contributed by atoms with van der Waals surface area (Å²) in [6.45, 7) is 0.641. The van der Waals surface area contributed by atoms with Crippen LogP contribution in [0.1, 0.15) is 18.5 Å². The normalized spacial score (nSPS) is 14.5. The number of hydrogen-bond acceptors (Lipinski definition) is 4. The number of amides is 1. The van der Waals surface area contributed by atoms with Crippen molar-refractivity contribution in [1.82, 2.24) is 10.5 Å². The molecule has 0 unspecified atom stereocenters. The van der Waals surface area contributed by atoms with Crippen LogP contribution in [0.4, 0.5) is 4.39 Å². The van der Waals surface area contributed by atoms with Crippen molar-refractivity contribution in [3.63, 3.8) is 0 Å². The van der Waals surface area contributed by atoms with E-state index in [4.69, 9.17) is 20.9 Å². The van der Waals surface area contributed by atoms with Gasteiger partial charge in [-0.25, -0.2) is 4.39 Å². The molecule has 28 heavy (non-hydrogen) atoms. The van der Waals surface area contributed by atoms with Gasteiger partial charge in [0.15, 0.2) is 5.76 Å². The van der Waals surface area contributed by atoms with E-state index in [9.17, 15) is 9.18 Å². The molecule has 1 aromatic heterocycles. The SMILES string of the molecule is O=C(NCCOc1ccc(F)cc1)C1(c2cc(-c3ccc(Cl)cc3)on2)CC1. The average Bonchev–Trinajstić information content (AvgIpc) is 3.37. The van der Waals surface area contributed by atoms with Crippen LogP contribution in [0.25, 0.3) is 11.3 Å². The van der Waals surface area contributed by atoms with Gasteiger partial charge in [0, 0.05) is 16.7 Å². The second-order valence-corrected chi connectivity index (χ2v) is 7.16. The number of aromatic nitrogens is 1. The molecular formula is C21H18ClFN2O3. The summed E-state index contributed by atoms with van der Waals surface area (Å²) in [5.41, 5.74) is 0.853. The Hall–Kier alpha value is -2.86. The number of carbonyl (C=O) groups is 1. The van der Waals surface area contributed by atoms with Gasteiger partial charge >= 0.3 is 0 Å². The van der Waals surface area contributed by atoms with Crippen LogP contribution < -0.4 is 10.1 Å². The molecule has 1 fully saturated rings. The lowest BCUT2D eigenvalue weighted by atomic mass is 10.0. The number of nitrogens with zero attached hydrogens (tertiary/aromatic N) is 1. The summed E-state index contributed by atoms with van der Waals surface area (Å²) in [4.78, 5) is 12.7. The molecule has 7 heteroatoms. The van der Waals surface area contributed by atoms with Crippen molar-refractivity contribution in [3.05, 3.63) is 71.1 Å². The summed E-state index contributed by atoms with van der Waals surface area (Å²) >= 11 is 5.91. The first-order valence-electron chi connectivity index (χ1n) is 8.97. The van der Waals surface area contributed by atoms with Crippen molar-refractivity contribution in [1.29, 1.82) is 0 Å². The highest BCUT2D eigenvalue weighted by Crippen LogP contribution is 2.48. The predicted molar refractivity (Wildman–Crippen MR) is 103 cm³/mol. The summed E-state index contributed by atoms with van der Waals surface area (Å²) in [6.07, 6.45) is 1.45. The summed E-state index contributed by atoms with van der Waals surface area (Å²) in [5.74, 6) is 0.749. The summed E-state index contributed by atoms with van der Waals surface area (Å²) in [6, 6.07) is 14.8. The molecule has 0 spiro atoms. The molecule has 2 aromatic carbocycles. The summed E-state index contributed by atoms with van der Waals surface area (Å²) in [5, 5.41) is 7.65. The van der Waals surface area contributed by atoms with Gasteiger partial charge in [-0.15, -0.1) is 0 Å². The molecule has 0 radical (unpaired) electrons. The van der Waals surface area contributed by atoms with E-state index in [-0.39, 0.29) is 11.7 Å². The predicted octanol–water partition coefficient (Wildman–Crippen LogP) is 4.36.